The molecule has 0 amide bonds. The molecule has 4 aromatic rings. The Hall–Kier alpha value is -3.01. The molecule has 2 N–H and O–H groups in total. The highest BCUT2D eigenvalue weighted by Crippen LogP contribution is 2.24. The molecule has 164 valence electrons. The van der Waals surface area contributed by atoms with Crippen molar-refractivity contribution in [2.24, 2.45) is 5.10 Å². The fraction of sp³-hybridized carbons (Fsp3) is 0.261. The summed E-state index contributed by atoms with van der Waals surface area (Å²) in [5, 5.41) is 5.27. The van der Waals surface area contributed by atoms with Crippen molar-refractivity contribution in [3.8, 4) is 5.75 Å². The van der Waals surface area contributed by atoms with Crippen LogP contribution in [-0.2, 0) is 11.3 Å². The molecule has 1 saturated heterocycles. The van der Waals surface area contributed by atoms with E-state index in [4.69, 9.17) is 9.47 Å². The molecule has 0 saturated carbocycles. The van der Waals surface area contributed by atoms with Crippen molar-refractivity contribution in [2.45, 2.75) is 6.54 Å². The summed E-state index contributed by atoms with van der Waals surface area (Å²) < 4.78 is 13.2. The van der Waals surface area contributed by atoms with Crippen molar-refractivity contribution in [3.05, 3.63) is 68.7 Å². The third kappa shape index (κ3) is 4.06. The van der Waals surface area contributed by atoms with Gasteiger partial charge < -0.3 is 19.4 Å². The van der Waals surface area contributed by atoms with Crippen LogP contribution in [0.15, 0.2) is 57.1 Å². The topological polar surface area (TPSA) is 85.9 Å². The van der Waals surface area contributed by atoms with Crippen molar-refractivity contribution >= 4 is 44.1 Å². The smallest absolute Gasteiger partial charge is 0.298 e. The molecule has 0 spiro atoms. The summed E-state index contributed by atoms with van der Waals surface area (Å²) in [5.41, 5.74) is 3.68. The largest absolute Gasteiger partial charge is 0.496 e. The van der Waals surface area contributed by atoms with Gasteiger partial charge in [0.1, 0.15) is 42.7 Å². The third-order valence-electron chi connectivity index (χ3n) is 5.73. The molecular weight excluding hydrogens is 474 g/mol. The van der Waals surface area contributed by atoms with Gasteiger partial charge in [-0.15, -0.1) is 0 Å². The Kier molecular flexibility index (Phi) is 5.77. The lowest BCUT2D eigenvalue weighted by Crippen LogP contribution is -3.12. The molecule has 2 aromatic carbocycles. The highest BCUT2D eigenvalue weighted by Gasteiger charge is 2.17. The zero-order valence-electron chi connectivity index (χ0n) is 17.6. The van der Waals surface area contributed by atoms with Crippen LogP contribution in [0, 0.1) is 0 Å². The maximum atomic E-state index is 13.0. The molecule has 0 atom stereocenters. The lowest BCUT2D eigenvalue weighted by Gasteiger charge is -2.24. The number of nitrogens with one attached hydrogen (secondary N) is 2. The van der Waals surface area contributed by atoms with Gasteiger partial charge in [-0.3, -0.25) is 4.79 Å². The average Bonchev–Trinajstić information content (AvgIpc) is 3.18. The van der Waals surface area contributed by atoms with Gasteiger partial charge in [-0.25, -0.2) is 4.98 Å². The van der Waals surface area contributed by atoms with E-state index in [0.717, 1.165) is 65.1 Å². The quantitative estimate of drug-likeness (QED) is 0.413. The summed E-state index contributed by atoms with van der Waals surface area (Å²) in [7, 11) is 1.68. The van der Waals surface area contributed by atoms with Gasteiger partial charge in [0.25, 0.3) is 5.56 Å². The van der Waals surface area contributed by atoms with Gasteiger partial charge >= 0.3 is 0 Å². The van der Waals surface area contributed by atoms with E-state index in [9.17, 15) is 4.79 Å². The van der Waals surface area contributed by atoms with Gasteiger partial charge in [0.05, 0.1) is 26.5 Å². The first kappa shape index (κ1) is 20.9. The average molecular weight is 497 g/mol. The van der Waals surface area contributed by atoms with Crippen molar-refractivity contribution in [1.29, 1.82) is 0 Å². The monoisotopic (exact) mass is 496 g/mol. The zero-order chi connectivity index (χ0) is 22.1. The standard InChI is InChI=1S/C23H22BrN5O3/c1-31-20-5-2-15(10-16(20)13-28-6-8-32-9-7-28)12-26-29-14-25-21-18-11-17(24)3-4-19(18)27-22(21)23(29)30/h2-5,10-12,14,27H,6-9,13H2,1H3/p+1/b26-12-. The molecule has 1 aliphatic rings. The number of benzene rings is 2. The number of quaternary nitrogens is 1. The number of nitrogens with zero attached hydrogens (tertiary/aromatic N) is 3. The van der Waals surface area contributed by atoms with Crippen LogP contribution in [0.5, 0.6) is 5.75 Å². The summed E-state index contributed by atoms with van der Waals surface area (Å²) in [5.74, 6) is 0.852. The molecule has 9 heteroatoms. The molecule has 3 heterocycles. The number of hydrogen-bond donors (Lipinski definition) is 2. The first-order valence-electron chi connectivity index (χ1n) is 10.4. The number of halogens is 1. The Labute approximate surface area is 192 Å². The maximum Gasteiger partial charge on any atom is 0.298 e. The zero-order valence-corrected chi connectivity index (χ0v) is 19.2. The number of rotatable bonds is 5. The predicted octanol–water partition coefficient (Wildman–Crippen LogP) is 1.95. The third-order valence-corrected chi connectivity index (χ3v) is 6.22. The Morgan fingerprint density at radius 2 is 2.12 bits per heavy atom. The number of fused-ring (bicyclic) bond motifs is 3. The number of morpholine rings is 1. The van der Waals surface area contributed by atoms with Crippen LogP contribution in [0.2, 0.25) is 0 Å². The van der Waals surface area contributed by atoms with Gasteiger partial charge in [0.15, 0.2) is 0 Å². The number of hydrogen-bond acceptors (Lipinski definition) is 5. The fourth-order valence-corrected chi connectivity index (χ4v) is 4.41. The van der Waals surface area contributed by atoms with E-state index in [-0.39, 0.29) is 5.56 Å². The SMILES string of the molecule is COc1ccc(/C=N\n2cnc3c([nH]c4ccc(Br)cc43)c2=O)cc1C[NH+]1CCOCC1. The molecule has 8 nitrogen and oxygen atoms in total. The Morgan fingerprint density at radius 3 is 2.94 bits per heavy atom. The van der Waals surface area contributed by atoms with Gasteiger partial charge in [-0.2, -0.15) is 9.78 Å². The number of aromatic amines is 1. The molecule has 2 aromatic heterocycles. The molecular formula is C23H23BrN5O3+. The van der Waals surface area contributed by atoms with E-state index in [2.05, 4.69) is 37.1 Å². The molecule has 0 radical (unpaired) electrons. The van der Waals surface area contributed by atoms with E-state index in [0.29, 0.717) is 11.0 Å². The molecule has 5 rings (SSSR count). The molecule has 1 fully saturated rings. The lowest BCUT2D eigenvalue weighted by atomic mass is 10.1. The Balaban J connectivity index is 1.45. The van der Waals surface area contributed by atoms with Crippen molar-refractivity contribution in [3.63, 3.8) is 0 Å². The second-order valence-electron chi connectivity index (χ2n) is 7.79. The molecule has 1 aliphatic heterocycles. The van der Waals surface area contributed by atoms with Crippen molar-refractivity contribution < 1.29 is 14.4 Å². The number of methoxy groups -OCH3 is 1. The Morgan fingerprint density at radius 1 is 1.28 bits per heavy atom. The minimum absolute atomic E-state index is 0.245. The first-order valence-corrected chi connectivity index (χ1v) is 11.2. The van der Waals surface area contributed by atoms with Crippen LogP contribution in [0.3, 0.4) is 0 Å². The van der Waals surface area contributed by atoms with E-state index in [1.807, 2.05) is 30.3 Å². The summed E-state index contributed by atoms with van der Waals surface area (Å²) in [6.07, 6.45) is 3.13. The lowest BCUT2D eigenvalue weighted by molar-refractivity contribution is -0.921. The maximum absolute atomic E-state index is 13.0. The highest BCUT2D eigenvalue weighted by molar-refractivity contribution is 9.10. The normalized spacial score (nSPS) is 15.2. The van der Waals surface area contributed by atoms with Crippen LogP contribution in [0.4, 0.5) is 0 Å². The molecule has 32 heavy (non-hydrogen) atoms. The Bertz CT molecular complexity index is 1370. The molecule has 0 unspecified atom stereocenters. The van der Waals surface area contributed by atoms with E-state index < -0.39 is 0 Å². The summed E-state index contributed by atoms with van der Waals surface area (Å²) in [4.78, 5) is 22.1. The fourth-order valence-electron chi connectivity index (χ4n) is 4.05. The van der Waals surface area contributed by atoms with Gasteiger partial charge in [0, 0.05) is 20.9 Å². The number of H-pyrrole nitrogens is 1. The second-order valence-corrected chi connectivity index (χ2v) is 8.70. The van der Waals surface area contributed by atoms with E-state index in [1.165, 1.54) is 15.9 Å². The van der Waals surface area contributed by atoms with Gasteiger partial charge in [-0.1, -0.05) is 15.9 Å². The summed E-state index contributed by atoms with van der Waals surface area (Å²) >= 11 is 3.47. The molecule has 0 aliphatic carbocycles. The van der Waals surface area contributed by atoms with E-state index in [1.54, 1.807) is 13.3 Å². The van der Waals surface area contributed by atoms with Crippen LogP contribution in [0.1, 0.15) is 11.1 Å². The minimum atomic E-state index is -0.245. The first-order chi connectivity index (χ1) is 15.6. The van der Waals surface area contributed by atoms with Gasteiger partial charge in [0.2, 0.25) is 0 Å². The van der Waals surface area contributed by atoms with Crippen molar-refractivity contribution in [2.75, 3.05) is 33.4 Å². The predicted molar refractivity (Wildman–Crippen MR) is 127 cm³/mol. The van der Waals surface area contributed by atoms with Crippen LogP contribution < -0.4 is 15.2 Å². The molecule has 0 bridgehead atoms. The second kappa shape index (κ2) is 8.85. The highest BCUT2D eigenvalue weighted by atomic mass is 79.9. The minimum Gasteiger partial charge on any atom is -0.496 e. The van der Waals surface area contributed by atoms with E-state index >= 15 is 0 Å². The summed E-state index contributed by atoms with van der Waals surface area (Å²) in [6.45, 7) is 4.36. The summed E-state index contributed by atoms with van der Waals surface area (Å²) in [6, 6.07) is 11.7. The number of ether oxygens (including phenoxy) is 2. The van der Waals surface area contributed by atoms with Crippen LogP contribution in [-0.4, -0.2) is 54.3 Å². The van der Waals surface area contributed by atoms with Crippen LogP contribution in [0.25, 0.3) is 21.9 Å². The van der Waals surface area contributed by atoms with Crippen LogP contribution >= 0.6 is 15.9 Å². The van der Waals surface area contributed by atoms with Crippen molar-refractivity contribution in [1.82, 2.24) is 14.6 Å². The van der Waals surface area contributed by atoms with Gasteiger partial charge in [-0.05, 0) is 42.0 Å². The number of aromatic nitrogens is 3.